The predicted molar refractivity (Wildman–Crippen MR) is 59.6 cm³/mol. The second-order valence-corrected chi connectivity index (χ2v) is 3.70. The SMILES string of the molecule is CCc1cc(CNCCCCl)n(C)n1. The fraction of sp³-hybridized carbons (Fsp3) is 0.700. The van der Waals surface area contributed by atoms with Gasteiger partial charge in [0.25, 0.3) is 0 Å². The van der Waals surface area contributed by atoms with E-state index in [1.54, 1.807) is 0 Å². The standard InChI is InChI=1S/C10H18ClN3/c1-3-9-7-10(14(2)13-9)8-12-6-4-5-11/h7,12H,3-6,8H2,1-2H3. The molecule has 4 heteroatoms. The van der Waals surface area contributed by atoms with E-state index in [2.05, 4.69) is 23.4 Å². The van der Waals surface area contributed by atoms with Crippen LogP contribution >= 0.6 is 11.6 Å². The Kier molecular flexibility index (Phi) is 4.98. The lowest BCUT2D eigenvalue weighted by molar-refractivity contribution is 0.619. The van der Waals surface area contributed by atoms with Gasteiger partial charge < -0.3 is 5.32 Å². The molecule has 0 atom stereocenters. The minimum absolute atomic E-state index is 0.721. The quantitative estimate of drug-likeness (QED) is 0.578. The van der Waals surface area contributed by atoms with Gasteiger partial charge >= 0.3 is 0 Å². The highest BCUT2D eigenvalue weighted by molar-refractivity contribution is 6.17. The van der Waals surface area contributed by atoms with Gasteiger partial charge in [-0.3, -0.25) is 4.68 Å². The van der Waals surface area contributed by atoms with Gasteiger partial charge in [0.05, 0.1) is 11.4 Å². The number of nitrogens with zero attached hydrogens (tertiary/aromatic N) is 2. The summed E-state index contributed by atoms with van der Waals surface area (Å²) in [7, 11) is 1.98. The topological polar surface area (TPSA) is 29.9 Å². The van der Waals surface area contributed by atoms with Crippen molar-refractivity contribution in [2.24, 2.45) is 7.05 Å². The summed E-state index contributed by atoms with van der Waals surface area (Å²) in [5.74, 6) is 0.721. The molecule has 1 rings (SSSR count). The van der Waals surface area contributed by atoms with E-state index in [1.807, 2.05) is 11.7 Å². The minimum atomic E-state index is 0.721. The molecule has 1 heterocycles. The summed E-state index contributed by atoms with van der Waals surface area (Å²) in [5.41, 5.74) is 2.39. The molecule has 0 aliphatic heterocycles. The number of halogens is 1. The number of hydrogen-bond acceptors (Lipinski definition) is 2. The predicted octanol–water partition coefficient (Wildman–Crippen LogP) is 1.70. The van der Waals surface area contributed by atoms with Crippen molar-refractivity contribution in [2.45, 2.75) is 26.3 Å². The molecule has 0 radical (unpaired) electrons. The lowest BCUT2D eigenvalue weighted by Gasteiger charge is -2.02. The summed E-state index contributed by atoms with van der Waals surface area (Å²) in [4.78, 5) is 0. The first-order valence-electron chi connectivity index (χ1n) is 5.06. The van der Waals surface area contributed by atoms with Crippen LogP contribution in [-0.2, 0) is 20.0 Å². The van der Waals surface area contributed by atoms with Crippen molar-refractivity contribution in [2.75, 3.05) is 12.4 Å². The maximum atomic E-state index is 5.58. The molecule has 0 saturated carbocycles. The highest BCUT2D eigenvalue weighted by Crippen LogP contribution is 2.03. The highest BCUT2D eigenvalue weighted by atomic mass is 35.5. The largest absolute Gasteiger partial charge is 0.311 e. The molecule has 1 N–H and O–H groups in total. The molecule has 0 aliphatic rings. The van der Waals surface area contributed by atoms with E-state index in [0.717, 1.165) is 37.5 Å². The Morgan fingerprint density at radius 3 is 2.93 bits per heavy atom. The van der Waals surface area contributed by atoms with Gasteiger partial charge in [0.15, 0.2) is 0 Å². The zero-order valence-corrected chi connectivity index (χ0v) is 9.64. The molecule has 3 nitrogen and oxygen atoms in total. The Hall–Kier alpha value is -0.540. The monoisotopic (exact) mass is 215 g/mol. The van der Waals surface area contributed by atoms with E-state index in [4.69, 9.17) is 11.6 Å². The number of nitrogens with one attached hydrogen (secondary N) is 1. The summed E-state index contributed by atoms with van der Waals surface area (Å²) in [5, 5.41) is 7.71. The molecule has 0 unspecified atom stereocenters. The van der Waals surface area contributed by atoms with Gasteiger partial charge in [0.1, 0.15) is 0 Å². The molecular formula is C10H18ClN3. The van der Waals surface area contributed by atoms with Gasteiger partial charge in [-0.15, -0.1) is 11.6 Å². The zero-order valence-electron chi connectivity index (χ0n) is 8.89. The summed E-state index contributed by atoms with van der Waals surface area (Å²) in [6, 6.07) is 2.15. The van der Waals surface area contributed by atoms with E-state index in [9.17, 15) is 0 Å². The molecule has 0 saturated heterocycles. The minimum Gasteiger partial charge on any atom is -0.311 e. The second kappa shape index (κ2) is 6.04. The van der Waals surface area contributed by atoms with Crippen LogP contribution in [0.1, 0.15) is 24.7 Å². The van der Waals surface area contributed by atoms with Crippen LogP contribution in [0.2, 0.25) is 0 Å². The summed E-state index contributed by atoms with van der Waals surface area (Å²) in [6.45, 7) is 3.96. The summed E-state index contributed by atoms with van der Waals surface area (Å²) in [6.07, 6.45) is 2.01. The van der Waals surface area contributed by atoms with Crippen molar-refractivity contribution in [1.82, 2.24) is 15.1 Å². The molecular weight excluding hydrogens is 198 g/mol. The number of aryl methyl sites for hydroxylation is 2. The van der Waals surface area contributed by atoms with Crippen molar-refractivity contribution < 1.29 is 0 Å². The van der Waals surface area contributed by atoms with Crippen LogP contribution in [0.4, 0.5) is 0 Å². The van der Waals surface area contributed by atoms with Crippen molar-refractivity contribution in [3.8, 4) is 0 Å². The number of alkyl halides is 1. The van der Waals surface area contributed by atoms with Crippen molar-refractivity contribution in [3.05, 3.63) is 17.5 Å². The molecule has 0 bridgehead atoms. The summed E-state index contributed by atoms with van der Waals surface area (Å²) >= 11 is 5.58. The van der Waals surface area contributed by atoms with Gasteiger partial charge in [0, 0.05) is 19.5 Å². The van der Waals surface area contributed by atoms with Crippen LogP contribution < -0.4 is 5.32 Å². The van der Waals surface area contributed by atoms with Gasteiger partial charge in [-0.25, -0.2) is 0 Å². The van der Waals surface area contributed by atoms with Gasteiger partial charge in [-0.05, 0) is 25.5 Å². The van der Waals surface area contributed by atoms with E-state index >= 15 is 0 Å². The molecule has 14 heavy (non-hydrogen) atoms. The number of aromatic nitrogens is 2. The maximum Gasteiger partial charge on any atom is 0.0625 e. The lowest BCUT2D eigenvalue weighted by Crippen LogP contribution is -2.17. The van der Waals surface area contributed by atoms with Gasteiger partial charge in [-0.2, -0.15) is 5.10 Å². The van der Waals surface area contributed by atoms with Crippen molar-refractivity contribution in [1.29, 1.82) is 0 Å². The molecule has 0 fully saturated rings. The first kappa shape index (κ1) is 11.5. The fourth-order valence-corrected chi connectivity index (χ4v) is 1.45. The van der Waals surface area contributed by atoms with Crippen molar-refractivity contribution in [3.63, 3.8) is 0 Å². The van der Waals surface area contributed by atoms with Crippen LogP contribution in [-0.4, -0.2) is 22.2 Å². The van der Waals surface area contributed by atoms with E-state index in [1.165, 1.54) is 5.69 Å². The molecule has 0 aliphatic carbocycles. The van der Waals surface area contributed by atoms with Crippen LogP contribution in [0, 0.1) is 0 Å². The Morgan fingerprint density at radius 2 is 2.36 bits per heavy atom. The Bertz CT molecular complexity index is 270. The van der Waals surface area contributed by atoms with Crippen LogP contribution in [0.5, 0.6) is 0 Å². The van der Waals surface area contributed by atoms with Gasteiger partial charge in [0.2, 0.25) is 0 Å². The fourth-order valence-electron chi connectivity index (χ4n) is 1.32. The van der Waals surface area contributed by atoms with Crippen LogP contribution in [0.3, 0.4) is 0 Å². The number of hydrogen-bond donors (Lipinski definition) is 1. The highest BCUT2D eigenvalue weighted by Gasteiger charge is 2.02. The maximum absolute atomic E-state index is 5.58. The molecule has 0 aromatic carbocycles. The molecule has 80 valence electrons. The normalized spacial score (nSPS) is 10.8. The number of rotatable bonds is 6. The second-order valence-electron chi connectivity index (χ2n) is 3.32. The van der Waals surface area contributed by atoms with E-state index in [0.29, 0.717) is 0 Å². The molecule has 1 aromatic rings. The summed E-state index contributed by atoms with van der Waals surface area (Å²) < 4.78 is 1.94. The lowest BCUT2D eigenvalue weighted by atomic mass is 10.3. The first-order chi connectivity index (χ1) is 6.77. The average molecular weight is 216 g/mol. The Morgan fingerprint density at radius 1 is 1.57 bits per heavy atom. The Balaban J connectivity index is 2.38. The first-order valence-corrected chi connectivity index (χ1v) is 5.59. The third-order valence-electron chi connectivity index (χ3n) is 2.18. The Labute approximate surface area is 90.4 Å². The van der Waals surface area contributed by atoms with Gasteiger partial charge in [-0.1, -0.05) is 6.92 Å². The molecule has 1 aromatic heterocycles. The third kappa shape index (κ3) is 3.31. The average Bonchev–Trinajstić information content (AvgIpc) is 2.54. The smallest absolute Gasteiger partial charge is 0.0625 e. The van der Waals surface area contributed by atoms with E-state index < -0.39 is 0 Å². The molecule has 0 amide bonds. The van der Waals surface area contributed by atoms with Crippen LogP contribution in [0.25, 0.3) is 0 Å². The van der Waals surface area contributed by atoms with Crippen molar-refractivity contribution >= 4 is 11.6 Å². The van der Waals surface area contributed by atoms with Crippen LogP contribution in [0.15, 0.2) is 6.07 Å². The zero-order chi connectivity index (χ0) is 10.4. The van der Waals surface area contributed by atoms with E-state index in [-0.39, 0.29) is 0 Å². The third-order valence-corrected chi connectivity index (χ3v) is 2.45. The molecule has 0 spiro atoms.